The average molecular weight is 365 g/mol. The summed E-state index contributed by atoms with van der Waals surface area (Å²) in [5.74, 6) is -1.85. The summed E-state index contributed by atoms with van der Waals surface area (Å²) < 4.78 is 40.8. The van der Waals surface area contributed by atoms with E-state index in [0.717, 1.165) is 15.6 Å². The molecule has 2 aromatic heterocycles. The number of halogens is 3. The number of aromatic carboxylic acids is 1. The summed E-state index contributed by atoms with van der Waals surface area (Å²) in [6.45, 7) is 5.23. The lowest BCUT2D eigenvalue weighted by Gasteiger charge is -2.11. The number of benzene rings is 1. The molecule has 0 bridgehead atoms. The van der Waals surface area contributed by atoms with Crippen LogP contribution in [0.4, 0.5) is 13.2 Å². The van der Waals surface area contributed by atoms with Crippen molar-refractivity contribution in [2.75, 3.05) is 0 Å². The van der Waals surface area contributed by atoms with Crippen LogP contribution in [0.5, 0.6) is 0 Å². The lowest BCUT2D eigenvalue weighted by Crippen LogP contribution is -2.18. The summed E-state index contributed by atoms with van der Waals surface area (Å²) in [4.78, 5) is 26.0. The summed E-state index contributed by atoms with van der Waals surface area (Å²) in [5.41, 5.74) is -1.64. The number of aromatic nitrogens is 3. The van der Waals surface area contributed by atoms with Crippen molar-refractivity contribution in [1.29, 1.82) is 0 Å². The molecule has 2 N–H and O–H groups in total. The maximum Gasteiger partial charge on any atom is 0.421 e. The summed E-state index contributed by atoms with van der Waals surface area (Å²) in [6, 6.07) is 5.32. The molecule has 0 unspecified atom stereocenters. The van der Waals surface area contributed by atoms with Gasteiger partial charge in [0.25, 0.3) is 5.56 Å². The van der Waals surface area contributed by atoms with E-state index in [1.165, 1.54) is 6.92 Å². The van der Waals surface area contributed by atoms with Crippen molar-refractivity contribution in [3.05, 3.63) is 56.6 Å². The number of carbonyl (C=O) groups is 1. The first-order valence-corrected chi connectivity index (χ1v) is 7.56. The van der Waals surface area contributed by atoms with E-state index >= 15 is 0 Å². The van der Waals surface area contributed by atoms with E-state index in [9.17, 15) is 22.8 Å². The fraction of sp³-hybridized carbons (Fsp3) is 0.235. The molecule has 3 aromatic rings. The van der Waals surface area contributed by atoms with Crippen molar-refractivity contribution in [3.8, 4) is 11.3 Å². The van der Waals surface area contributed by atoms with Crippen LogP contribution < -0.4 is 5.56 Å². The monoisotopic (exact) mass is 365 g/mol. The standard InChI is InChI=1S/C17H14F3N3O3/c1-7-4-5-10(6-8(7)2)12-9(3)23-14(15(24)21-12)11(17(18,19)20)13(22-23)16(25)26/h4-6H,1-3H3,(H,21,24)(H,25,26). The highest BCUT2D eigenvalue weighted by atomic mass is 19.4. The quantitative estimate of drug-likeness (QED) is 0.729. The number of aryl methyl sites for hydroxylation is 3. The summed E-state index contributed by atoms with van der Waals surface area (Å²) in [5, 5.41) is 12.6. The molecule has 6 nitrogen and oxygen atoms in total. The van der Waals surface area contributed by atoms with Gasteiger partial charge in [0, 0.05) is 5.56 Å². The van der Waals surface area contributed by atoms with Crippen molar-refractivity contribution < 1.29 is 23.1 Å². The number of carboxylic acids is 1. The van der Waals surface area contributed by atoms with Gasteiger partial charge in [0.2, 0.25) is 0 Å². The lowest BCUT2D eigenvalue weighted by molar-refractivity contribution is -0.136. The number of H-pyrrole nitrogens is 1. The van der Waals surface area contributed by atoms with Gasteiger partial charge in [-0.25, -0.2) is 9.31 Å². The highest BCUT2D eigenvalue weighted by Gasteiger charge is 2.42. The fourth-order valence-electron chi connectivity index (χ4n) is 2.84. The van der Waals surface area contributed by atoms with E-state index in [0.29, 0.717) is 5.56 Å². The topological polar surface area (TPSA) is 87.5 Å². The van der Waals surface area contributed by atoms with Gasteiger partial charge < -0.3 is 10.1 Å². The Bertz CT molecular complexity index is 1110. The molecule has 26 heavy (non-hydrogen) atoms. The lowest BCUT2D eigenvalue weighted by atomic mass is 10.0. The van der Waals surface area contributed by atoms with E-state index in [4.69, 9.17) is 5.11 Å². The molecule has 0 fully saturated rings. The first-order valence-electron chi connectivity index (χ1n) is 7.56. The van der Waals surface area contributed by atoms with Gasteiger partial charge in [-0.05, 0) is 38.0 Å². The number of hydrogen-bond donors (Lipinski definition) is 2. The molecule has 0 saturated carbocycles. The van der Waals surface area contributed by atoms with Crippen molar-refractivity contribution in [3.63, 3.8) is 0 Å². The van der Waals surface area contributed by atoms with Gasteiger partial charge >= 0.3 is 12.1 Å². The van der Waals surface area contributed by atoms with Crippen LogP contribution in [-0.2, 0) is 6.18 Å². The van der Waals surface area contributed by atoms with Crippen molar-refractivity contribution in [2.24, 2.45) is 0 Å². The molecule has 0 aliphatic rings. The molecule has 1 aromatic carbocycles. The second kappa shape index (κ2) is 5.72. The van der Waals surface area contributed by atoms with E-state index < -0.39 is 34.5 Å². The summed E-state index contributed by atoms with van der Waals surface area (Å²) in [6.07, 6.45) is -5.03. The van der Waals surface area contributed by atoms with Gasteiger partial charge in [-0.1, -0.05) is 12.1 Å². The predicted molar refractivity (Wildman–Crippen MR) is 87.4 cm³/mol. The molecule has 0 aliphatic heterocycles. The Morgan fingerprint density at radius 2 is 1.85 bits per heavy atom. The van der Waals surface area contributed by atoms with E-state index in [2.05, 4.69) is 10.1 Å². The van der Waals surface area contributed by atoms with E-state index in [1.807, 2.05) is 19.9 Å². The number of aromatic amines is 1. The molecule has 0 spiro atoms. The molecule has 0 amide bonds. The van der Waals surface area contributed by atoms with Gasteiger partial charge in [0.05, 0.1) is 11.4 Å². The minimum atomic E-state index is -5.03. The smallest absolute Gasteiger partial charge is 0.421 e. The van der Waals surface area contributed by atoms with Gasteiger partial charge in [0.1, 0.15) is 11.1 Å². The number of nitrogens with zero attached hydrogens (tertiary/aromatic N) is 2. The molecule has 136 valence electrons. The third-order valence-corrected chi connectivity index (χ3v) is 4.30. The molecular weight excluding hydrogens is 351 g/mol. The summed E-state index contributed by atoms with van der Waals surface area (Å²) in [7, 11) is 0. The SMILES string of the molecule is Cc1ccc(-c2[nH]c(=O)c3c(C(F)(F)F)c(C(=O)O)nn3c2C)cc1C. The molecule has 2 heterocycles. The molecule has 0 saturated heterocycles. The molecule has 9 heteroatoms. The Hall–Kier alpha value is -3.10. The van der Waals surface area contributed by atoms with Crippen LogP contribution in [0.15, 0.2) is 23.0 Å². The van der Waals surface area contributed by atoms with Crippen LogP contribution in [0.2, 0.25) is 0 Å². The molecule has 3 rings (SSSR count). The minimum Gasteiger partial charge on any atom is -0.476 e. The average Bonchev–Trinajstić information content (AvgIpc) is 2.95. The van der Waals surface area contributed by atoms with Crippen LogP contribution in [-0.4, -0.2) is 25.7 Å². The normalized spacial score (nSPS) is 11.9. The Morgan fingerprint density at radius 1 is 1.19 bits per heavy atom. The maximum atomic E-state index is 13.3. The van der Waals surface area contributed by atoms with Gasteiger partial charge in [-0.15, -0.1) is 0 Å². The predicted octanol–water partition coefficient (Wildman–Crippen LogP) is 3.33. The van der Waals surface area contributed by atoms with Crippen LogP contribution in [0, 0.1) is 20.8 Å². The van der Waals surface area contributed by atoms with Crippen molar-refractivity contribution >= 4 is 11.5 Å². The fourth-order valence-corrected chi connectivity index (χ4v) is 2.84. The minimum absolute atomic E-state index is 0.195. The zero-order chi connectivity index (χ0) is 19.4. The second-order valence-electron chi connectivity index (χ2n) is 6.00. The zero-order valence-corrected chi connectivity index (χ0v) is 14.0. The van der Waals surface area contributed by atoms with Crippen molar-refractivity contribution in [2.45, 2.75) is 26.9 Å². The van der Waals surface area contributed by atoms with Crippen LogP contribution in [0.25, 0.3) is 16.8 Å². The number of carboxylic acid groups (broad SMARTS) is 1. The van der Waals surface area contributed by atoms with Gasteiger partial charge in [-0.3, -0.25) is 4.79 Å². The number of alkyl halides is 3. The van der Waals surface area contributed by atoms with Crippen LogP contribution >= 0.6 is 0 Å². The van der Waals surface area contributed by atoms with Crippen LogP contribution in [0.3, 0.4) is 0 Å². The third kappa shape index (κ3) is 2.65. The third-order valence-electron chi connectivity index (χ3n) is 4.30. The van der Waals surface area contributed by atoms with Gasteiger partial charge in [-0.2, -0.15) is 18.3 Å². The van der Waals surface area contributed by atoms with E-state index in [1.54, 1.807) is 12.1 Å². The Kier molecular flexibility index (Phi) is 3.90. The number of nitrogens with one attached hydrogen (secondary N) is 1. The van der Waals surface area contributed by atoms with E-state index in [-0.39, 0.29) is 11.4 Å². The highest BCUT2D eigenvalue weighted by Crippen LogP contribution is 2.35. The molecule has 0 radical (unpaired) electrons. The summed E-state index contributed by atoms with van der Waals surface area (Å²) >= 11 is 0. The zero-order valence-electron chi connectivity index (χ0n) is 14.0. The van der Waals surface area contributed by atoms with Gasteiger partial charge in [0.15, 0.2) is 5.69 Å². The molecule has 0 aliphatic carbocycles. The maximum absolute atomic E-state index is 13.3. The Labute approximate surface area is 144 Å². The molecular formula is C17H14F3N3O3. The Morgan fingerprint density at radius 3 is 2.38 bits per heavy atom. The second-order valence-corrected chi connectivity index (χ2v) is 6.00. The molecule has 0 atom stereocenters. The number of rotatable bonds is 2. The first kappa shape index (κ1) is 17.7. The van der Waals surface area contributed by atoms with Crippen molar-refractivity contribution in [1.82, 2.24) is 14.6 Å². The first-order chi connectivity index (χ1) is 12.0. The number of hydrogen-bond acceptors (Lipinski definition) is 3. The largest absolute Gasteiger partial charge is 0.476 e. The van der Waals surface area contributed by atoms with Crippen LogP contribution in [0.1, 0.15) is 32.9 Å². The highest BCUT2D eigenvalue weighted by molar-refractivity contribution is 5.90. The number of fused-ring (bicyclic) bond motifs is 1. The Balaban J connectivity index is 2.42.